The molecule has 1 aromatic heterocycles. The predicted molar refractivity (Wildman–Crippen MR) is 114 cm³/mol. The van der Waals surface area contributed by atoms with Crippen molar-refractivity contribution in [3.63, 3.8) is 0 Å². The molecule has 0 saturated heterocycles. The summed E-state index contributed by atoms with van der Waals surface area (Å²) in [6, 6.07) is 15.3. The molecule has 28 heavy (non-hydrogen) atoms. The Kier molecular flexibility index (Phi) is 5.53. The van der Waals surface area contributed by atoms with Gasteiger partial charge in [0.1, 0.15) is 0 Å². The normalized spacial score (nSPS) is 15.9. The first-order valence-corrected chi connectivity index (χ1v) is 10.2. The van der Waals surface area contributed by atoms with E-state index in [1.807, 2.05) is 12.1 Å². The number of hydrogen-bond acceptors (Lipinski definition) is 3. The van der Waals surface area contributed by atoms with Gasteiger partial charge in [-0.15, -0.1) is 0 Å². The van der Waals surface area contributed by atoms with Gasteiger partial charge in [-0.2, -0.15) is 0 Å². The van der Waals surface area contributed by atoms with Gasteiger partial charge in [-0.05, 0) is 66.7 Å². The average molecular weight is 395 g/mol. The van der Waals surface area contributed by atoms with Crippen LogP contribution < -0.4 is 9.47 Å². The standard InChI is InChI=1S/C23H26N2O2S/c1-26-21-10-7-17(15-22(21)27-2)11-12-24-13-14-25(23(24)28)20-9-8-18-5-3-4-6-19(18)16-20/h3-7,10,13-15,20H,8-9,11-12,16H2,1-2H3. The van der Waals surface area contributed by atoms with E-state index >= 15 is 0 Å². The van der Waals surface area contributed by atoms with E-state index in [1.165, 1.54) is 16.7 Å². The summed E-state index contributed by atoms with van der Waals surface area (Å²) in [5.74, 6) is 1.52. The van der Waals surface area contributed by atoms with Crippen LogP contribution >= 0.6 is 12.2 Å². The summed E-state index contributed by atoms with van der Waals surface area (Å²) in [6.07, 6.45) is 8.49. The van der Waals surface area contributed by atoms with Gasteiger partial charge in [0, 0.05) is 25.0 Å². The maximum Gasteiger partial charge on any atom is 0.180 e. The number of aryl methyl sites for hydroxylation is 3. The van der Waals surface area contributed by atoms with Crippen molar-refractivity contribution in [3.8, 4) is 11.5 Å². The molecule has 1 aliphatic carbocycles. The van der Waals surface area contributed by atoms with Crippen LogP contribution in [0.5, 0.6) is 11.5 Å². The zero-order chi connectivity index (χ0) is 19.5. The third-order valence-electron chi connectivity index (χ3n) is 5.68. The minimum absolute atomic E-state index is 0.449. The van der Waals surface area contributed by atoms with Gasteiger partial charge in [0.15, 0.2) is 16.3 Å². The van der Waals surface area contributed by atoms with E-state index in [9.17, 15) is 0 Å². The zero-order valence-corrected chi connectivity index (χ0v) is 17.2. The lowest BCUT2D eigenvalue weighted by Gasteiger charge is -2.25. The zero-order valence-electron chi connectivity index (χ0n) is 16.4. The van der Waals surface area contributed by atoms with Crippen LogP contribution in [0.4, 0.5) is 0 Å². The lowest BCUT2D eigenvalue weighted by Crippen LogP contribution is -2.18. The highest BCUT2D eigenvalue weighted by atomic mass is 32.1. The number of nitrogens with zero attached hydrogens (tertiary/aromatic N) is 2. The number of methoxy groups -OCH3 is 2. The lowest BCUT2D eigenvalue weighted by molar-refractivity contribution is 0.354. The Bertz CT molecular complexity index is 1020. The fourth-order valence-electron chi connectivity index (χ4n) is 4.08. The highest BCUT2D eigenvalue weighted by Gasteiger charge is 2.20. The van der Waals surface area contributed by atoms with E-state index in [-0.39, 0.29) is 0 Å². The Morgan fingerprint density at radius 1 is 1.00 bits per heavy atom. The molecule has 1 heterocycles. The molecule has 0 bridgehead atoms. The second-order valence-electron chi connectivity index (χ2n) is 7.29. The van der Waals surface area contributed by atoms with Crippen molar-refractivity contribution in [2.75, 3.05) is 14.2 Å². The second kappa shape index (κ2) is 8.23. The third kappa shape index (κ3) is 3.72. The smallest absolute Gasteiger partial charge is 0.180 e. The lowest BCUT2D eigenvalue weighted by atomic mass is 9.88. The van der Waals surface area contributed by atoms with E-state index in [1.54, 1.807) is 14.2 Å². The molecule has 4 nitrogen and oxygen atoms in total. The van der Waals surface area contributed by atoms with Gasteiger partial charge in [-0.25, -0.2) is 0 Å². The Morgan fingerprint density at radius 2 is 1.79 bits per heavy atom. The van der Waals surface area contributed by atoms with Crippen molar-refractivity contribution in [3.05, 3.63) is 76.3 Å². The fraction of sp³-hybridized carbons (Fsp3) is 0.348. The third-order valence-corrected chi connectivity index (χ3v) is 6.12. The first-order valence-electron chi connectivity index (χ1n) is 9.74. The highest BCUT2D eigenvalue weighted by Crippen LogP contribution is 2.30. The van der Waals surface area contributed by atoms with Crippen LogP contribution in [0.1, 0.15) is 29.2 Å². The summed E-state index contributed by atoms with van der Waals surface area (Å²) in [6.45, 7) is 0.852. The monoisotopic (exact) mass is 394 g/mol. The average Bonchev–Trinajstić information content (AvgIpc) is 3.11. The molecule has 0 spiro atoms. The van der Waals surface area contributed by atoms with Gasteiger partial charge >= 0.3 is 0 Å². The van der Waals surface area contributed by atoms with Crippen LogP contribution in [0, 0.1) is 4.77 Å². The van der Waals surface area contributed by atoms with Gasteiger partial charge in [0.2, 0.25) is 0 Å². The first kappa shape index (κ1) is 18.8. The van der Waals surface area contributed by atoms with Gasteiger partial charge in [0.25, 0.3) is 0 Å². The molecule has 1 aliphatic rings. The van der Waals surface area contributed by atoms with E-state index in [2.05, 4.69) is 51.9 Å². The number of hydrogen-bond donors (Lipinski definition) is 0. The van der Waals surface area contributed by atoms with Crippen molar-refractivity contribution < 1.29 is 9.47 Å². The fourth-order valence-corrected chi connectivity index (χ4v) is 4.44. The van der Waals surface area contributed by atoms with Crippen LogP contribution in [-0.2, 0) is 25.8 Å². The summed E-state index contributed by atoms with van der Waals surface area (Å²) >= 11 is 5.79. The molecular formula is C23H26N2O2S. The molecule has 0 radical (unpaired) electrons. The SMILES string of the molecule is COc1ccc(CCn2ccn(C3CCc4ccccc4C3)c2=S)cc1OC. The maximum atomic E-state index is 5.79. The number of imidazole rings is 1. The Hall–Kier alpha value is -2.53. The molecule has 0 fully saturated rings. The summed E-state index contributed by atoms with van der Waals surface area (Å²) in [5.41, 5.74) is 4.15. The molecule has 146 valence electrons. The predicted octanol–water partition coefficient (Wildman–Crippen LogP) is 5.01. The molecule has 1 atom stereocenters. The summed E-state index contributed by atoms with van der Waals surface area (Å²) in [7, 11) is 3.32. The Labute approximate surface area is 171 Å². The van der Waals surface area contributed by atoms with E-state index in [0.29, 0.717) is 6.04 Å². The van der Waals surface area contributed by atoms with Gasteiger partial charge in [0.05, 0.1) is 14.2 Å². The van der Waals surface area contributed by atoms with Crippen LogP contribution in [-0.4, -0.2) is 23.4 Å². The van der Waals surface area contributed by atoms with E-state index in [4.69, 9.17) is 21.7 Å². The molecule has 0 amide bonds. The second-order valence-corrected chi connectivity index (χ2v) is 7.65. The highest BCUT2D eigenvalue weighted by molar-refractivity contribution is 7.71. The minimum Gasteiger partial charge on any atom is -0.493 e. The van der Waals surface area contributed by atoms with Crippen LogP contribution in [0.3, 0.4) is 0 Å². The van der Waals surface area contributed by atoms with Gasteiger partial charge in [-0.1, -0.05) is 30.3 Å². The molecule has 0 N–H and O–H groups in total. The molecule has 0 aliphatic heterocycles. The van der Waals surface area contributed by atoms with Crippen molar-refractivity contribution in [1.82, 2.24) is 9.13 Å². The largest absolute Gasteiger partial charge is 0.493 e. The summed E-state index contributed by atoms with van der Waals surface area (Å²) in [5, 5.41) is 0. The molecule has 2 aromatic carbocycles. The molecular weight excluding hydrogens is 368 g/mol. The number of ether oxygens (including phenoxy) is 2. The number of rotatable bonds is 6. The Balaban J connectivity index is 1.47. The quantitative estimate of drug-likeness (QED) is 0.550. The summed E-state index contributed by atoms with van der Waals surface area (Å²) in [4.78, 5) is 0. The molecule has 4 rings (SSSR count). The van der Waals surface area contributed by atoms with Crippen LogP contribution in [0.25, 0.3) is 0 Å². The minimum atomic E-state index is 0.449. The number of fused-ring (bicyclic) bond motifs is 1. The van der Waals surface area contributed by atoms with Crippen molar-refractivity contribution in [1.29, 1.82) is 0 Å². The molecule has 5 heteroatoms. The molecule has 1 unspecified atom stereocenters. The Morgan fingerprint density at radius 3 is 2.57 bits per heavy atom. The topological polar surface area (TPSA) is 28.3 Å². The molecule has 3 aromatic rings. The van der Waals surface area contributed by atoms with E-state index in [0.717, 1.165) is 48.5 Å². The van der Waals surface area contributed by atoms with Crippen LogP contribution in [0.15, 0.2) is 54.9 Å². The summed E-state index contributed by atoms with van der Waals surface area (Å²) < 4.78 is 16.1. The number of aromatic nitrogens is 2. The first-order chi connectivity index (χ1) is 13.7. The van der Waals surface area contributed by atoms with Gasteiger partial charge < -0.3 is 18.6 Å². The van der Waals surface area contributed by atoms with Crippen LogP contribution in [0.2, 0.25) is 0 Å². The van der Waals surface area contributed by atoms with E-state index < -0.39 is 0 Å². The maximum absolute atomic E-state index is 5.79. The van der Waals surface area contributed by atoms with Crippen molar-refractivity contribution in [2.45, 2.75) is 38.3 Å². The molecule has 0 saturated carbocycles. The van der Waals surface area contributed by atoms with Crippen molar-refractivity contribution >= 4 is 12.2 Å². The number of benzene rings is 2. The van der Waals surface area contributed by atoms with Gasteiger partial charge in [-0.3, -0.25) is 0 Å². The van der Waals surface area contributed by atoms with Crippen molar-refractivity contribution in [2.24, 2.45) is 0 Å².